The van der Waals surface area contributed by atoms with Gasteiger partial charge >= 0.3 is 0 Å². The minimum Gasteiger partial charge on any atom is -0.325 e. The van der Waals surface area contributed by atoms with Crippen LogP contribution in [0.5, 0.6) is 0 Å². The normalized spacial score (nSPS) is 12.9. The van der Waals surface area contributed by atoms with Gasteiger partial charge in [0.2, 0.25) is 0 Å². The number of hydrogen-bond acceptors (Lipinski definition) is 4. The molecule has 0 fully saturated rings. The highest BCUT2D eigenvalue weighted by Gasteiger charge is 2.21. The van der Waals surface area contributed by atoms with Crippen LogP contribution in [0.2, 0.25) is 0 Å². The molecule has 0 saturated heterocycles. The lowest BCUT2D eigenvalue weighted by molar-refractivity contribution is 0.102. The topological polar surface area (TPSA) is 58.1 Å². The van der Waals surface area contributed by atoms with Crippen LogP contribution in [0.1, 0.15) is 46.9 Å². The summed E-state index contributed by atoms with van der Waals surface area (Å²) in [5.41, 5.74) is 5.81. The van der Waals surface area contributed by atoms with Crippen molar-refractivity contribution in [2.45, 2.75) is 33.1 Å². The van der Waals surface area contributed by atoms with Gasteiger partial charge in [0.05, 0.1) is 12.4 Å². The monoisotopic (exact) mass is 372 g/mol. The van der Waals surface area contributed by atoms with Crippen LogP contribution >= 0.6 is 0 Å². The molecule has 0 aliphatic carbocycles. The molecule has 1 amide bonds. The SMILES string of the molecule is Cc1cccc(C(C)C)c1NC(=O)c1cnc(N2CCc3ccccc32)cn1. The average Bonchev–Trinajstić information content (AvgIpc) is 3.13. The van der Waals surface area contributed by atoms with Crippen molar-refractivity contribution in [2.75, 3.05) is 16.8 Å². The van der Waals surface area contributed by atoms with Crippen molar-refractivity contribution in [3.05, 3.63) is 77.2 Å². The second-order valence-corrected chi connectivity index (χ2v) is 7.44. The quantitative estimate of drug-likeness (QED) is 0.711. The molecular formula is C23H24N4O. The summed E-state index contributed by atoms with van der Waals surface area (Å²) in [7, 11) is 0. The molecule has 0 radical (unpaired) electrons. The number of nitrogens with zero attached hydrogens (tertiary/aromatic N) is 3. The van der Waals surface area contributed by atoms with Gasteiger partial charge in [0.25, 0.3) is 5.91 Å². The fourth-order valence-electron chi connectivity index (χ4n) is 3.67. The second kappa shape index (κ2) is 7.43. The number of amides is 1. The van der Waals surface area contributed by atoms with Gasteiger partial charge in [-0.25, -0.2) is 9.97 Å². The van der Waals surface area contributed by atoms with Crippen molar-refractivity contribution in [3.8, 4) is 0 Å². The minimum atomic E-state index is -0.239. The van der Waals surface area contributed by atoms with E-state index in [1.165, 1.54) is 5.56 Å². The van der Waals surface area contributed by atoms with Crippen molar-refractivity contribution in [2.24, 2.45) is 0 Å². The molecule has 0 bridgehead atoms. The standard InChI is InChI=1S/C23H24N4O/c1-15(2)18-9-6-7-16(3)22(18)26-23(28)19-13-25-21(14-24-19)27-12-11-17-8-4-5-10-20(17)27/h4-10,13-15H,11-12H2,1-3H3,(H,26,28). The van der Waals surface area contributed by atoms with Gasteiger partial charge in [-0.3, -0.25) is 4.79 Å². The largest absolute Gasteiger partial charge is 0.325 e. The first-order chi connectivity index (χ1) is 13.5. The van der Waals surface area contributed by atoms with Crippen LogP contribution in [0.15, 0.2) is 54.9 Å². The van der Waals surface area contributed by atoms with Gasteiger partial charge in [-0.2, -0.15) is 0 Å². The summed E-state index contributed by atoms with van der Waals surface area (Å²) in [6.45, 7) is 7.11. The Balaban J connectivity index is 1.55. The third kappa shape index (κ3) is 3.36. The van der Waals surface area contributed by atoms with E-state index >= 15 is 0 Å². The lowest BCUT2D eigenvalue weighted by Gasteiger charge is -2.18. The van der Waals surface area contributed by atoms with E-state index < -0.39 is 0 Å². The zero-order valence-electron chi connectivity index (χ0n) is 16.4. The van der Waals surface area contributed by atoms with Crippen molar-refractivity contribution in [3.63, 3.8) is 0 Å². The molecule has 0 spiro atoms. The van der Waals surface area contributed by atoms with E-state index in [-0.39, 0.29) is 5.91 Å². The highest BCUT2D eigenvalue weighted by atomic mass is 16.1. The number of aromatic nitrogens is 2. The van der Waals surface area contributed by atoms with Crippen molar-refractivity contribution in [1.29, 1.82) is 0 Å². The second-order valence-electron chi connectivity index (χ2n) is 7.44. The van der Waals surface area contributed by atoms with E-state index in [4.69, 9.17) is 0 Å². The van der Waals surface area contributed by atoms with Crippen molar-refractivity contribution in [1.82, 2.24) is 9.97 Å². The summed E-state index contributed by atoms with van der Waals surface area (Å²) in [6, 6.07) is 14.4. The Bertz CT molecular complexity index is 1010. The van der Waals surface area contributed by atoms with Gasteiger partial charge in [-0.1, -0.05) is 50.2 Å². The Labute approximate surface area is 165 Å². The first kappa shape index (κ1) is 18.2. The fraction of sp³-hybridized carbons (Fsp3) is 0.261. The Kier molecular flexibility index (Phi) is 4.82. The predicted molar refractivity (Wildman–Crippen MR) is 112 cm³/mol. The third-order valence-corrected chi connectivity index (χ3v) is 5.20. The van der Waals surface area contributed by atoms with Crippen LogP contribution in [0.3, 0.4) is 0 Å². The molecule has 2 aromatic carbocycles. The minimum absolute atomic E-state index is 0.239. The van der Waals surface area contributed by atoms with Crippen molar-refractivity contribution < 1.29 is 4.79 Å². The third-order valence-electron chi connectivity index (χ3n) is 5.20. The highest BCUT2D eigenvalue weighted by Crippen LogP contribution is 2.33. The number of carbonyl (C=O) groups is 1. The Hall–Kier alpha value is -3.21. The molecule has 1 aromatic heterocycles. The smallest absolute Gasteiger partial charge is 0.275 e. The number of benzene rings is 2. The molecule has 0 unspecified atom stereocenters. The summed E-state index contributed by atoms with van der Waals surface area (Å²) >= 11 is 0. The maximum Gasteiger partial charge on any atom is 0.275 e. The predicted octanol–water partition coefficient (Wildman–Crippen LogP) is 4.85. The molecule has 0 atom stereocenters. The summed E-state index contributed by atoms with van der Waals surface area (Å²) in [5.74, 6) is 0.844. The highest BCUT2D eigenvalue weighted by molar-refractivity contribution is 6.03. The molecule has 5 heteroatoms. The zero-order chi connectivity index (χ0) is 19.7. The summed E-state index contributed by atoms with van der Waals surface area (Å²) in [4.78, 5) is 23.8. The first-order valence-corrected chi connectivity index (χ1v) is 9.63. The number of carbonyl (C=O) groups excluding carboxylic acids is 1. The molecule has 1 N–H and O–H groups in total. The molecule has 4 rings (SSSR count). The van der Waals surface area contributed by atoms with Crippen LogP contribution in [0, 0.1) is 6.92 Å². The van der Waals surface area contributed by atoms with Gasteiger partial charge in [-0.15, -0.1) is 0 Å². The number of para-hydroxylation sites is 2. The van der Waals surface area contributed by atoms with Gasteiger partial charge < -0.3 is 10.2 Å². The molecule has 5 nitrogen and oxygen atoms in total. The van der Waals surface area contributed by atoms with Crippen molar-refractivity contribution >= 4 is 23.1 Å². The Morgan fingerprint density at radius 1 is 1.07 bits per heavy atom. The van der Waals surface area contributed by atoms with Crippen LogP contribution in [0.4, 0.5) is 17.2 Å². The summed E-state index contributed by atoms with van der Waals surface area (Å²) in [5, 5.41) is 3.03. The lowest BCUT2D eigenvalue weighted by atomic mass is 9.98. The molecular weight excluding hydrogens is 348 g/mol. The Morgan fingerprint density at radius 2 is 1.89 bits per heavy atom. The molecule has 142 valence electrons. The number of rotatable bonds is 4. The van der Waals surface area contributed by atoms with Crippen LogP contribution in [-0.4, -0.2) is 22.4 Å². The van der Waals surface area contributed by atoms with Gasteiger partial charge in [-0.05, 0) is 42.0 Å². The van der Waals surface area contributed by atoms with Gasteiger partial charge in [0.15, 0.2) is 5.82 Å². The van der Waals surface area contributed by atoms with E-state index in [2.05, 4.69) is 52.2 Å². The maximum absolute atomic E-state index is 12.7. The van der Waals surface area contributed by atoms with Gasteiger partial charge in [0.1, 0.15) is 5.69 Å². The zero-order valence-corrected chi connectivity index (χ0v) is 16.4. The molecule has 2 heterocycles. The average molecular weight is 372 g/mol. The molecule has 28 heavy (non-hydrogen) atoms. The van der Waals surface area contributed by atoms with E-state index in [0.29, 0.717) is 11.6 Å². The number of hydrogen-bond donors (Lipinski definition) is 1. The summed E-state index contributed by atoms with van der Waals surface area (Å²) in [6.07, 6.45) is 4.22. The van der Waals surface area contributed by atoms with Crippen LogP contribution in [0.25, 0.3) is 0 Å². The van der Waals surface area contributed by atoms with E-state index in [1.807, 2.05) is 31.2 Å². The van der Waals surface area contributed by atoms with Crippen LogP contribution in [-0.2, 0) is 6.42 Å². The molecule has 1 aliphatic heterocycles. The van der Waals surface area contributed by atoms with E-state index in [0.717, 1.165) is 41.3 Å². The number of anilines is 3. The van der Waals surface area contributed by atoms with Gasteiger partial charge in [0, 0.05) is 17.9 Å². The number of aryl methyl sites for hydroxylation is 1. The van der Waals surface area contributed by atoms with Crippen LogP contribution < -0.4 is 10.2 Å². The van der Waals surface area contributed by atoms with E-state index in [9.17, 15) is 4.79 Å². The maximum atomic E-state index is 12.7. The van der Waals surface area contributed by atoms with E-state index in [1.54, 1.807) is 12.4 Å². The number of fused-ring (bicyclic) bond motifs is 1. The summed E-state index contributed by atoms with van der Waals surface area (Å²) < 4.78 is 0. The number of nitrogens with one attached hydrogen (secondary N) is 1. The lowest BCUT2D eigenvalue weighted by Crippen LogP contribution is -2.19. The first-order valence-electron chi connectivity index (χ1n) is 9.63. The molecule has 3 aromatic rings. The molecule has 1 aliphatic rings. The Morgan fingerprint density at radius 3 is 2.64 bits per heavy atom. The fourth-order valence-corrected chi connectivity index (χ4v) is 3.67. The molecule has 0 saturated carbocycles.